The summed E-state index contributed by atoms with van der Waals surface area (Å²) in [7, 11) is 0. The minimum atomic E-state index is -0.500. The summed E-state index contributed by atoms with van der Waals surface area (Å²) in [5, 5.41) is 2.94. The van der Waals surface area contributed by atoms with Crippen molar-refractivity contribution in [3.63, 3.8) is 0 Å². The summed E-state index contributed by atoms with van der Waals surface area (Å²) >= 11 is 1.59. The van der Waals surface area contributed by atoms with Crippen molar-refractivity contribution in [2.45, 2.75) is 47.0 Å². The summed E-state index contributed by atoms with van der Waals surface area (Å²) in [6.07, 6.45) is 3.27. The van der Waals surface area contributed by atoms with Crippen LogP contribution in [0.2, 0.25) is 0 Å². The number of anilines is 1. The lowest BCUT2D eigenvalue weighted by molar-refractivity contribution is 0.0996. The van der Waals surface area contributed by atoms with Gasteiger partial charge in [-0.1, -0.05) is 26.8 Å². The highest BCUT2D eigenvalue weighted by Gasteiger charge is 2.30. The molecule has 4 nitrogen and oxygen atoms in total. The molecule has 5 heteroatoms. The molecule has 0 spiro atoms. The van der Waals surface area contributed by atoms with Gasteiger partial charge < -0.3 is 11.1 Å². The predicted octanol–water partition coefficient (Wildman–Crippen LogP) is 4.56. The van der Waals surface area contributed by atoms with Crippen LogP contribution in [0.3, 0.4) is 0 Å². The molecule has 1 atom stereocenters. The third-order valence-corrected chi connectivity index (χ3v) is 6.54. The normalized spacial score (nSPS) is 16.8. The summed E-state index contributed by atoms with van der Waals surface area (Å²) in [5.41, 5.74) is 8.86. The molecule has 0 fully saturated rings. The van der Waals surface area contributed by atoms with Gasteiger partial charge in [0.25, 0.3) is 5.91 Å². The number of aryl methyl sites for hydroxylation is 2. The fourth-order valence-electron chi connectivity index (χ4n) is 3.47. The highest BCUT2D eigenvalue weighted by molar-refractivity contribution is 7.14. The van der Waals surface area contributed by atoms with Crippen LogP contribution in [-0.4, -0.2) is 11.8 Å². The minimum absolute atomic E-state index is 0.124. The van der Waals surface area contributed by atoms with E-state index < -0.39 is 5.91 Å². The number of hydrogen-bond donors (Lipinski definition) is 2. The van der Waals surface area contributed by atoms with Crippen LogP contribution in [-0.2, 0) is 12.8 Å². The second kappa shape index (κ2) is 6.88. The Balaban J connectivity index is 1.79. The van der Waals surface area contributed by atoms with E-state index in [1.165, 1.54) is 16.9 Å². The van der Waals surface area contributed by atoms with Gasteiger partial charge in [-0.05, 0) is 66.8 Å². The largest absolute Gasteiger partial charge is 0.366 e. The maximum Gasteiger partial charge on any atom is 0.265 e. The molecule has 1 aliphatic carbocycles. The number of hydrogen-bond acceptors (Lipinski definition) is 3. The molecule has 1 aliphatic rings. The lowest BCUT2D eigenvalue weighted by atomic mass is 9.72. The maximum atomic E-state index is 12.7. The van der Waals surface area contributed by atoms with Crippen LogP contribution >= 0.6 is 11.3 Å². The van der Waals surface area contributed by atoms with Crippen molar-refractivity contribution in [2.75, 3.05) is 5.32 Å². The van der Waals surface area contributed by atoms with Crippen LogP contribution in [0.15, 0.2) is 24.3 Å². The number of carbonyl (C=O) groups is 2. The number of carbonyl (C=O) groups excluding carboxylic acids is 2. The van der Waals surface area contributed by atoms with Gasteiger partial charge in [-0.3, -0.25) is 9.59 Å². The number of benzene rings is 1. The summed E-state index contributed by atoms with van der Waals surface area (Å²) in [5.74, 6) is 0.0248. The molecule has 26 heavy (non-hydrogen) atoms. The van der Waals surface area contributed by atoms with E-state index in [2.05, 4.69) is 26.1 Å². The van der Waals surface area contributed by atoms with Gasteiger partial charge in [0, 0.05) is 16.1 Å². The molecular weight excluding hydrogens is 344 g/mol. The van der Waals surface area contributed by atoms with Crippen LogP contribution in [0, 0.1) is 18.3 Å². The monoisotopic (exact) mass is 370 g/mol. The average molecular weight is 371 g/mol. The second-order valence-corrected chi connectivity index (χ2v) is 9.35. The third kappa shape index (κ3) is 3.83. The fourth-order valence-corrected chi connectivity index (χ4v) is 4.57. The van der Waals surface area contributed by atoms with Crippen LogP contribution in [0.1, 0.15) is 63.2 Å². The van der Waals surface area contributed by atoms with Crippen LogP contribution < -0.4 is 11.1 Å². The number of fused-ring (bicyclic) bond motifs is 1. The summed E-state index contributed by atoms with van der Waals surface area (Å²) in [6.45, 7) is 8.76. The number of thiophene rings is 1. The first-order valence-corrected chi connectivity index (χ1v) is 9.80. The van der Waals surface area contributed by atoms with E-state index in [-0.39, 0.29) is 11.3 Å². The summed E-state index contributed by atoms with van der Waals surface area (Å²) in [4.78, 5) is 26.2. The van der Waals surface area contributed by atoms with Crippen molar-refractivity contribution in [1.82, 2.24) is 0 Å². The minimum Gasteiger partial charge on any atom is -0.366 e. The summed E-state index contributed by atoms with van der Waals surface area (Å²) in [6, 6.07) is 7.14. The summed E-state index contributed by atoms with van der Waals surface area (Å²) < 4.78 is 0. The van der Waals surface area contributed by atoms with E-state index in [1.807, 2.05) is 13.0 Å². The fraction of sp³-hybridized carbons (Fsp3) is 0.429. The van der Waals surface area contributed by atoms with Crippen LogP contribution in [0.5, 0.6) is 0 Å². The highest BCUT2D eigenvalue weighted by Crippen LogP contribution is 2.40. The number of rotatable bonds is 3. The van der Waals surface area contributed by atoms with E-state index in [9.17, 15) is 9.59 Å². The van der Waals surface area contributed by atoms with Gasteiger partial charge in [0.05, 0.1) is 4.88 Å². The van der Waals surface area contributed by atoms with E-state index >= 15 is 0 Å². The Kier molecular flexibility index (Phi) is 4.93. The molecule has 138 valence electrons. The molecule has 1 heterocycles. The molecular formula is C21H26N2O2S. The van der Waals surface area contributed by atoms with Crippen molar-refractivity contribution in [3.05, 3.63) is 50.7 Å². The zero-order valence-corrected chi connectivity index (χ0v) is 16.6. The first-order chi connectivity index (χ1) is 12.1. The van der Waals surface area contributed by atoms with Crippen LogP contribution in [0.25, 0.3) is 0 Å². The highest BCUT2D eigenvalue weighted by atomic mass is 32.1. The topological polar surface area (TPSA) is 72.2 Å². The predicted molar refractivity (Wildman–Crippen MR) is 107 cm³/mol. The quantitative estimate of drug-likeness (QED) is 0.831. The SMILES string of the molecule is Cc1ccc(C(N)=O)cc1NC(=O)c1cc2c(s1)CCC(C(C)(C)C)C2. The molecule has 1 aromatic heterocycles. The number of nitrogens with one attached hydrogen (secondary N) is 1. The Labute approximate surface area is 158 Å². The zero-order chi connectivity index (χ0) is 19.1. The standard InChI is InChI=1S/C21H26N2O2S/c1-12-5-6-13(19(22)24)10-16(12)23-20(25)18-11-14-9-15(21(2,3)4)7-8-17(14)26-18/h5-6,10-11,15H,7-9H2,1-4H3,(H2,22,24)(H,23,25). The average Bonchev–Trinajstić information content (AvgIpc) is 2.99. The van der Waals surface area contributed by atoms with E-state index in [4.69, 9.17) is 5.73 Å². The van der Waals surface area contributed by atoms with Gasteiger partial charge in [0.15, 0.2) is 0 Å². The Morgan fingerprint density at radius 1 is 1.23 bits per heavy atom. The van der Waals surface area contributed by atoms with Gasteiger partial charge in [0.1, 0.15) is 0 Å². The molecule has 1 unspecified atom stereocenters. The zero-order valence-electron chi connectivity index (χ0n) is 15.8. The number of primary amides is 1. The van der Waals surface area contributed by atoms with Crippen molar-refractivity contribution >= 4 is 28.8 Å². The lowest BCUT2D eigenvalue weighted by Gasteiger charge is -2.33. The Morgan fingerprint density at radius 2 is 1.96 bits per heavy atom. The lowest BCUT2D eigenvalue weighted by Crippen LogP contribution is -2.26. The first-order valence-electron chi connectivity index (χ1n) is 8.98. The van der Waals surface area contributed by atoms with Crippen LogP contribution in [0.4, 0.5) is 5.69 Å². The molecule has 3 rings (SSSR count). The van der Waals surface area contributed by atoms with E-state index in [0.717, 1.165) is 23.3 Å². The van der Waals surface area contributed by atoms with Crippen molar-refractivity contribution in [2.24, 2.45) is 17.1 Å². The number of nitrogens with two attached hydrogens (primary N) is 1. The van der Waals surface area contributed by atoms with E-state index in [0.29, 0.717) is 17.2 Å². The number of amides is 2. The first kappa shape index (κ1) is 18.6. The van der Waals surface area contributed by atoms with Crippen molar-refractivity contribution < 1.29 is 9.59 Å². The molecule has 2 aromatic rings. The Hall–Kier alpha value is -2.14. The second-order valence-electron chi connectivity index (χ2n) is 8.21. The molecule has 0 saturated carbocycles. The van der Waals surface area contributed by atoms with E-state index in [1.54, 1.807) is 29.5 Å². The van der Waals surface area contributed by atoms with Gasteiger partial charge >= 0.3 is 0 Å². The molecule has 2 amide bonds. The molecule has 3 N–H and O–H groups in total. The maximum absolute atomic E-state index is 12.7. The third-order valence-electron chi connectivity index (χ3n) is 5.30. The van der Waals surface area contributed by atoms with Gasteiger partial charge in [-0.25, -0.2) is 0 Å². The molecule has 0 radical (unpaired) electrons. The molecule has 0 aliphatic heterocycles. The van der Waals surface area contributed by atoms with Gasteiger partial charge in [-0.2, -0.15) is 0 Å². The molecule has 0 saturated heterocycles. The van der Waals surface area contributed by atoms with Gasteiger partial charge in [-0.15, -0.1) is 11.3 Å². The Morgan fingerprint density at radius 3 is 2.62 bits per heavy atom. The Bertz CT molecular complexity index is 861. The molecule has 0 bridgehead atoms. The van der Waals surface area contributed by atoms with Gasteiger partial charge in [0.2, 0.25) is 5.91 Å². The van der Waals surface area contributed by atoms with Crippen molar-refractivity contribution in [3.8, 4) is 0 Å². The smallest absolute Gasteiger partial charge is 0.265 e. The molecule has 1 aromatic carbocycles. The van der Waals surface area contributed by atoms with Crippen molar-refractivity contribution in [1.29, 1.82) is 0 Å².